The third-order valence-corrected chi connectivity index (χ3v) is 2.42. The molecule has 0 unspecified atom stereocenters. The van der Waals surface area contributed by atoms with E-state index in [1.54, 1.807) is 6.07 Å². The van der Waals surface area contributed by atoms with Gasteiger partial charge in [-0.15, -0.1) is 0 Å². The van der Waals surface area contributed by atoms with Crippen molar-refractivity contribution in [2.75, 3.05) is 11.0 Å². The lowest BCUT2D eigenvalue weighted by atomic mass is 10.1. The summed E-state index contributed by atoms with van der Waals surface area (Å²) in [5, 5.41) is 8.34. The summed E-state index contributed by atoms with van der Waals surface area (Å²) in [5.74, 6) is -1.48. The second kappa shape index (κ2) is 4.93. The highest BCUT2D eigenvalue weighted by atomic mass is 32.2. The molecular weight excluding hydrogens is 247 g/mol. The van der Waals surface area contributed by atoms with E-state index >= 15 is 0 Å². The van der Waals surface area contributed by atoms with Crippen molar-refractivity contribution < 1.29 is 17.6 Å². The highest BCUT2D eigenvalue weighted by molar-refractivity contribution is 7.92. The molecule has 0 heterocycles. The van der Waals surface area contributed by atoms with Crippen LogP contribution in [0.2, 0.25) is 0 Å². The van der Waals surface area contributed by atoms with Gasteiger partial charge in [-0.05, 0) is 18.2 Å². The summed E-state index contributed by atoms with van der Waals surface area (Å²) in [6.07, 6.45) is 0.479. The Bertz CT molecular complexity index is 590. The van der Waals surface area contributed by atoms with Crippen LogP contribution >= 0.6 is 0 Å². The number of hydrogen-bond acceptors (Lipinski definition) is 4. The van der Waals surface area contributed by atoms with Crippen molar-refractivity contribution in [3.8, 4) is 6.07 Å². The molecule has 0 fully saturated rings. The first-order valence-electron chi connectivity index (χ1n) is 4.51. The fourth-order valence-corrected chi connectivity index (χ4v) is 1.74. The monoisotopic (exact) mass is 256 g/mol. The molecule has 0 saturated carbocycles. The second-order valence-corrected chi connectivity index (χ2v) is 5.08. The summed E-state index contributed by atoms with van der Waals surface area (Å²) >= 11 is 0. The molecule has 7 heteroatoms. The zero-order chi connectivity index (χ0) is 13.1. The van der Waals surface area contributed by atoms with Gasteiger partial charge in [-0.2, -0.15) is 5.26 Å². The number of nitriles is 1. The first kappa shape index (κ1) is 13.1. The van der Waals surface area contributed by atoms with Gasteiger partial charge in [0.05, 0.1) is 24.3 Å². The van der Waals surface area contributed by atoms with Crippen molar-refractivity contribution in [3.05, 3.63) is 29.6 Å². The van der Waals surface area contributed by atoms with E-state index in [-0.39, 0.29) is 11.3 Å². The average molecular weight is 256 g/mol. The topological polar surface area (TPSA) is 87.0 Å². The Morgan fingerprint density at radius 1 is 1.53 bits per heavy atom. The maximum Gasteiger partial charge on any atom is 0.229 e. The van der Waals surface area contributed by atoms with Gasteiger partial charge in [0.25, 0.3) is 0 Å². The Hall–Kier alpha value is -1.94. The maximum atomic E-state index is 13.3. The Labute approximate surface area is 97.9 Å². The van der Waals surface area contributed by atoms with E-state index in [9.17, 15) is 17.6 Å². The van der Waals surface area contributed by atoms with Crippen LogP contribution in [-0.4, -0.2) is 20.5 Å². The number of nitrogens with zero attached hydrogens (tertiary/aromatic N) is 1. The Morgan fingerprint density at radius 2 is 2.18 bits per heavy atom. The molecule has 1 N–H and O–H groups in total. The van der Waals surface area contributed by atoms with Crippen LogP contribution in [0.4, 0.5) is 10.1 Å². The van der Waals surface area contributed by atoms with E-state index in [0.29, 0.717) is 0 Å². The third-order valence-electron chi connectivity index (χ3n) is 1.81. The number of carbonyl (C=O) groups is 1. The quantitative estimate of drug-likeness (QED) is 0.822. The van der Waals surface area contributed by atoms with Crippen LogP contribution in [0.25, 0.3) is 0 Å². The van der Waals surface area contributed by atoms with Gasteiger partial charge in [0.1, 0.15) is 5.82 Å². The predicted molar refractivity (Wildman–Crippen MR) is 59.4 cm³/mol. The van der Waals surface area contributed by atoms with Crippen LogP contribution < -0.4 is 4.72 Å². The smallest absolute Gasteiger partial charge is 0.229 e. The van der Waals surface area contributed by atoms with Crippen LogP contribution in [0.1, 0.15) is 16.8 Å². The van der Waals surface area contributed by atoms with Crippen LogP contribution in [0.3, 0.4) is 0 Å². The SMILES string of the molecule is CS(=O)(=O)Nc1ccc(F)c(C(=O)CC#N)c1. The zero-order valence-corrected chi connectivity index (χ0v) is 9.71. The van der Waals surface area contributed by atoms with Crippen LogP contribution in [0, 0.1) is 17.1 Å². The normalized spacial score (nSPS) is 10.6. The molecular formula is C10H9FN2O3S. The number of Topliss-reactive ketones (excluding diaryl/α,β-unsaturated/α-hetero) is 1. The number of halogens is 1. The molecule has 0 spiro atoms. The number of ketones is 1. The molecule has 0 aliphatic heterocycles. The number of sulfonamides is 1. The summed E-state index contributed by atoms with van der Waals surface area (Å²) in [4.78, 5) is 11.3. The molecule has 0 saturated heterocycles. The van der Waals surface area contributed by atoms with Crippen molar-refractivity contribution in [2.24, 2.45) is 0 Å². The Kier molecular flexibility index (Phi) is 3.81. The van der Waals surface area contributed by atoms with Gasteiger partial charge < -0.3 is 0 Å². The molecule has 0 aliphatic rings. The lowest BCUT2D eigenvalue weighted by molar-refractivity contribution is 0.0994. The Morgan fingerprint density at radius 3 is 2.71 bits per heavy atom. The summed E-state index contributed by atoms with van der Waals surface area (Å²) in [6, 6.07) is 4.84. The van der Waals surface area contributed by atoms with Crippen molar-refractivity contribution in [1.29, 1.82) is 5.26 Å². The van der Waals surface area contributed by atoms with Crippen molar-refractivity contribution >= 4 is 21.5 Å². The van der Waals surface area contributed by atoms with Gasteiger partial charge in [-0.25, -0.2) is 12.8 Å². The lowest BCUT2D eigenvalue weighted by Crippen LogP contribution is -2.11. The first-order chi connectivity index (χ1) is 7.83. The maximum absolute atomic E-state index is 13.3. The highest BCUT2D eigenvalue weighted by Gasteiger charge is 2.13. The number of nitrogens with one attached hydrogen (secondary N) is 1. The van der Waals surface area contributed by atoms with Crippen molar-refractivity contribution in [3.63, 3.8) is 0 Å². The number of carbonyl (C=O) groups excluding carboxylic acids is 1. The van der Waals surface area contributed by atoms with Gasteiger partial charge in [0.2, 0.25) is 10.0 Å². The van der Waals surface area contributed by atoms with E-state index in [2.05, 4.69) is 4.72 Å². The largest absolute Gasteiger partial charge is 0.293 e. The van der Waals surface area contributed by atoms with Gasteiger partial charge in [0.15, 0.2) is 5.78 Å². The molecule has 0 radical (unpaired) electrons. The minimum Gasteiger partial charge on any atom is -0.293 e. The molecule has 17 heavy (non-hydrogen) atoms. The highest BCUT2D eigenvalue weighted by Crippen LogP contribution is 2.17. The number of hydrogen-bond donors (Lipinski definition) is 1. The molecule has 0 bridgehead atoms. The van der Waals surface area contributed by atoms with Crippen molar-refractivity contribution in [1.82, 2.24) is 0 Å². The van der Waals surface area contributed by atoms with Crippen LogP contribution in [0.15, 0.2) is 18.2 Å². The molecule has 5 nitrogen and oxygen atoms in total. The third kappa shape index (κ3) is 3.85. The average Bonchev–Trinajstić information content (AvgIpc) is 2.19. The molecule has 0 atom stereocenters. The fraction of sp³-hybridized carbons (Fsp3) is 0.200. The molecule has 0 aromatic heterocycles. The van der Waals surface area contributed by atoms with Gasteiger partial charge in [-0.3, -0.25) is 9.52 Å². The number of anilines is 1. The minimum absolute atomic E-state index is 0.0789. The van der Waals surface area contributed by atoms with E-state index in [1.165, 1.54) is 6.07 Å². The van der Waals surface area contributed by atoms with E-state index in [1.807, 2.05) is 0 Å². The molecule has 90 valence electrons. The van der Waals surface area contributed by atoms with Crippen LogP contribution in [-0.2, 0) is 10.0 Å². The predicted octanol–water partition coefficient (Wildman–Crippen LogP) is 1.29. The van der Waals surface area contributed by atoms with Gasteiger partial charge in [0, 0.05) is 5.69 Å². The van der Waals surface area contributed by atoms with Crippen LogP contribution in [0.5, 0.6) is 0 Å². The minimum atomic E-state index is -3.49. The summed E-state index contributed by atoms with van der Waals surface area (Å²) in [7, 11) is -3.49. The van der Waals surface area contributed by atoms with E-state index < -0.39 is 28.0 Å². The zero-order valence-electron chi connectivity index (χ0n) is 8.90. The second-order valence-electron chi connectivity index (χ2n) is 3.33. The first-order valence-corrected chi connectivity index (χ1v) is 6.40. The van der Waals surface area contributed by atoms with Crippen molar-refractivity contribution in [2.45, 2.75) is 6.42 Å². The number of benzene rings is 1. The molecule has 0 aliphatic carbocycles. The molecule has 1 aromatic rings. The van der Waals surface area contributed by atoms with Gasteiger partial charge >= 0.3 is 0 Å². The molecule has 0 amide bonds. The molecule has 1 rings (SSSR count). The van der Waals surface area contributed by atoms with E-state index in [4.69, 9.17) is 5.26 Å². The lowest BCUT2D eigenvalue weighted by Gasteiger charge is -2.06. The standard InChI is InChI=1S/C10H9FN2O3S/c1-17(15,16)13-7-2-3-9(11)8(6-7)10(14)4-5-12/h2-3,6,13H,4H2,1H3. The Balaban J connectivity index is 3.12. The van der Waals surface area contributed by atoms with E-state index in [0.717, 1.165) is 18.4 Å². The number of rotatable bonds is 4. The fourth-order valence-electron chi connectivity index (χ4n) is 1.18. The summed E-state index contributed by atoms with van der Waals surface area (Å²) < 4.78 is 37.3. The molecule has 1 aromatic carbocycles. The summed E-state index contributed by atoms with van der Waals surface area (Å²) in [6.45, 7) is 0. The summed E-state index contributed by atoms with van der Waals surface area (Å²) in [5.41, 5.74) is -0.226. The van der Waals surface area contributed by atoms with Gasteiger partial charge in [-0.1, -0.05) is 0 Å².